The molecule has 0 bridgehead atoms. The van der Waals surface area contributed by atoms with Crippen molar-refractivity contribution in [2.75, 3.05) is 31.1 Å². The Hall–Kier alpha value is -2.45. The third-order valence-corrected chi connectivity index (χ3v) is 6.41. The standard InChI is InChI=1S/C19H21FN2O4S/c1-14-10-15(13-19(23)24)12-18(11-14)27(25,26)22-8-6-21(7-9-22)17-4-2-16(20)3-5-17/h2-5,10-12H,6-9,13H2,1H3,(H,23,24). The number of carboxylic acids is 1. The van der Waals surface area contributed by atoms with E-state index in [4.69, 9.17) is 5.11 Å². The van der Waals surface area contributed by atoms with E-state index in [0.29, 0.717) is 37.3 Å². The molecule has 1 saturated heterocycles. The molecule has 2 aromatic carbocycles. The molecule has 0 unspecified atom stereocenters. The summed E-state index contributed by atoms with van der Waals surface area (Å²) in [5.74, 6) is -1.31. The lowest BCUT2D eigenvalue weighted by Crippen LogP contribution is -2.48. The van der Waals surface area contributed by atoms with Gasteiger partial charge in [0.2, 0.25) is 10.0 Å². The number of nitrogens with zero attached hydrogens (tertiary/aromatic N) is 2. The van der Waals surface area contributed by atoms with Crippen LogP contribution in [-0.4, -0.2) is 50.0 Å². The van der Waals surface area contributed by atoms with Crippen LogP contribution >= 0.6 is 0 Å². The summed E-state index contributed by atoms with van der Waals surface area (Å²) < 4.78 is 40.4. The number of rotatable bonds is 5. The first-order chi connectivity index (χ1) is 12.8. The van der Waals surface area contributed by atoms with Crippen LogP contribution in [0.4, 0.5) is 10.1 Å². The fourth-order valence-electron chi connectivity index (χ4n) is 3.24. The van der Waals surface area contributed by atoms with Crippen LogP contribution in [0.3, 0.4) is 0 Å². The zero-order valence-electron chi connectivity index (χ0n) is 14.9. The van der Waals surface area contributed by atoms with E-state index in [1.54, 1.807) is 31.2 Å². The number of halogens is 1. The monoisotopic (exact) mass is 392 g/mol. The molecule has 144 valence electrons. The zero-order valence-corrected chi connectivity index (χ0v) is 15.7. The van der Waals surface area contributed by atoms with Gasteiger partial charge in [0.1, 0.15) is 5.82 Å². The number of aliphatic carboxylic acids is 1. The Morgan fingerprint density at radius 3 is 2.30 bits per heavy atom. The number of hydrogen-bond acceptors (Lipinski definition) is 4. The Bertz CT molecular complexity index is 937. The van der Waals surface area contributed by atoms with Crippen LogP contribution in [0.25, 0.3) is 0 Å². The maximum Gasteiger partial charge on any atom is 0.307 e. The maximum atomic E-state index is 13.1. The molecule has 1 aliphatic rings. The second-order valence-corrected chi connectivity index (χ2v) is 8.53. The fraction of sp³-hybridized carbons (Fsp3) is 0.316. The predicted molar refractivity (Wildman–Crippen MR) is 99.9 cm³/mol. The number of carboxylic acid groups (broad SMARTS) is 1. The van der Waals surface area contributed by atoms with Gasteiger partial charge in [0.05, 0.1) is 11.3 Å². The van der Waals surface area contributed by atoms with E-state index in [2.05, 4.69) is 0 Å². The minimum Gasteiger partial charge on any atom is -0.481 e. The van der Waals surface area contributed by atoms with Gasteiger partial charge in [-0.25, -0.2) is 12.8 Å². The Morgan fingerprint density at radius 2 is 1.70 bits per heavy atom. The summed E-state index contributed by atoms with van der Waals surface area (Å²) in [4.78, 5) is 13.1. The van der Waals surface area contributed by atoms with E-state index < -0.39 is 16.0 Å². The molecule has 0 aliphatic carbocycles. The van der Waals surface area contributed by atoms with Crippen molar-refractivity contribution in [2.24, 2.45) is 0 Å². The number of hydrogen-bond donors (Lipinski definition) is 1. The summed E-state index contributed by atoms with van der Waals surface area (Å²) in [6, 6.07) is 10.8. The highest BCUT2D eigenvalue weighted by atomic mass is 32.2. The van der Waals surface area contributed by atoms with Gasteiger partial charge in [-0.3, -0.25) is 4.79 Å². The summed E-state index contributed by atoms with van der Waals surface area (Å²) in [5.41, 5.74) is 2.02. The van der Waals surface area contributed by atoms with Gasteiger partial charge in [0.25, 0.3) is 0 Å². The van der Waals surface area contributed by atoms with Crippen molar-refractivity contribution >= 4 is 21.7 Å². The van der Waals surface area contributed by atoms with E-state index in [0.717, 1.165) is 5.69 Å². The van der Waals surface area contributed by atoms with Gasteiger partial charge in [-0.15, -0.1) is 0 Å². The molecule has 0 radical (unpaired) electrons. The largest absolute Gasteiger partial charge is 0.481 e. The van der Waals surface area contributed by atoms with Gasteiger partial charge < -0.3 is 10.0 Å². The molecule has 1 aliphatic heterocycles. The lowest BCUT2D eigenvalue weighted by Gasteiger charge is -2.35. The van der Waals surface area contributed by atoms with Gasteiger partial charge in [0.15, 0.2) is 0 Å². The molecule has 1 fully saturated rings. The fourth-order valence-corrected chi connectivity index (χ4v) is 4.82. The SMILES string of the molecule is Cc1cc(CC(=O)O)cc(S(=O)(=O)N2CCN(c3ccc(F)cc3)CC2)c1. The molecule has 0 aromatic heterocycles. The third-order valence-electron chi connectivity index (χ3n) is 4.53. The van der Waals surface area contributed by atoms with E-state index in [1.807, 2.05) is 4.90 Å². The lowest BCUT2D eigenvalue weighted by molar-refractivity contribution is -0.136. The molecule has 0 amide bonds. The third kappa shape index (κ3) is 4.45. The molecule has 0 spiro atoms. The van der Waals surface area contributed by atoms with Crippen LogP contribution in [0.2, 0.25) is 0 Å². The number of anilines is 1. The van der Waals surface area contributed by atoms with Gasteiger partial charge in [-0.2, -0.15) is 4.31 Å². The summed E-state index contributed by atoms with van der Waals surface area (Å²) in [5, 5.41) is 8.97. The van der Waals surface area contributed by atoms with E-state index >= 15 is 0 Å². The van der Waals surface area contributed by atoms with Gasteiger partial charge >= 0.3 is 5.97 Å². The minimum atomic E-state index is -3.70. The van der Waals surface area contributed by atoms with Crippen molar-refractivity contribution in [3.8, 4) is 0 Å². The van der Waals surface area contributed by atoms with Crippen LogP contribution in [-0.2, 0) is 21.2 Å². The van der Waals surface area contributed by atoms with Gasteiger partial charge in [0, 0.05) is 31.9 Å². The molecule has 1 N–H and O–H groups in total. The number of benzene rings is 2. The van der Waals surface area contributed by atoms with Gasteiger partial charge in [-0.1, -0.05) is 6.07 Å². The van der Waals surface area contributed by atoms with Crippen LogP contribution in [0, 0.1) is 12.7 Å². The average Bonchev–Trinajstić information content (AvgIpc) is 2.61. The van der Waals surface area contributed by atoms with Crippen LogP contribution in [0.15, 0.2) is 47.4 Å². The molecule has 1 heterocycles. The van der Waals surface area contributed by atoms with Crippen molar-refractivity contribution in [3.63, 3.8) is 0 Å². The Balaban J connectivity index is 1.76. The van der Waals surface area contributed by atoms with Crippen molar-refractivity contribution < 1.29 is 22.7 Å². The van der Waals surface area contributed by atoms with Crippen LogP contribution in [0.5, 0.6) is 0 Å². The molecule has 27 heavy (non-hydrogen) atoms. The topological polar surface area (TPSA) is 77.9 Å². The maximum absolute atomic E-state index is 13.1. The second-order valence-electron chi connectivity index (χ2n) is 6.59. The molecular weight excluding hydrogens is 371 g/mol. The Labute approximate surface area is 157 Å². The van der Waals surface area contributed by atoms with Gasteiger partial charge in [-0.05, 0) is 54.4 Å². The first-order valence-electron chi connectivity index (χ1n) is 8.59. The highest BCUT2D eigenvalue weighted by molar-refractivity contribution is 7.89. The molecule has 0 saturated carbocycles. The van der Waals surface area contributed by atoms with Crippen LogP contribution in [0.1, 0.15) is 11.1 Å². The lowest BCUT2D eigenvalue weighted by atomic mass is 10.1. The van der Waals surface area contributed by atoms with E-state index in [-0.39, 0.29) is 17.1 Å². The number of aryl methyl sites for hydroxylation is 1. The minimum absolute atomic E-state index is 0.119. The highest BCUT2D eigenvalue weighted by Gasteiger charge is 2.29. The van der Waals surface area contributed by atoms with Crippen molar-refractivity contribution in [3.05, 3.63) is 59.4 Å². The van der Waals surface area contributed by atoms with Crippen molar-refractivity contribution in [1.82, 2.24) is 4.31 Å². The molecule has 6 nitrogen and oxygen atoms in total. The second kappa shape index (κ2) is 7.66. The summed E-state index contributed by atoms with van der Waals surface area (Å²) in [6.07, 6.45) is -0.220. The predicted octanol–water partition coefficient (Wildman–Crippen LogP) is 2.27. The van der Waals surface area contributed by atoms with E-state index in [1.165, 1.54) is 22.5 Å². The normalized spacial score (nSPS) is 15.7. The summed E-state index contributed by atoms with van der Waals surface area (Å²) >= 11 is 0. The molecule has 8 heteroatoms. The first kappa shape index (κ1) is 19.3. The average molecular weight is 392 g/mol. The Kier molecular flexibility index (Phi) is 5.48. The zero-order chi connectivity index (χ0) is 19.6. The smallest absolute Gasteiger partial charge is 0.307 e. The first-order valence-corrected chi connectivity index (χ1v) is 10.0. The summed E-state index contributed by atoms with van der Waals surface area (Å²) in [7, 11) is -3.70. The summed E-state index contributed by atoms with van der Waals surface area (Å²) in [6.45, 7) is 3.36. The van der Waals surface area contributed by atoms with Crippen molar-refractivity contribution in [2.45, 2.75) is 18.2 Å². The number of carbonyl (C=O) groups is 1. The van der Waals surface area contributed by atoms with E-state index in [9.17, 15) is 17.6 Å². The molecule has 2 aromatic rings. The number of sulfonamides is 1. The quantitative estimate of drug-likeness (QED) is 0.845. The van der Waals surface area contributed by atoms with Crippen LogP contribution < -0.4 is 4.90 Å². The highest BCUT2D eigenvalue weighted by Crippen LogP contribution is 2.23. The Morgan fingerprint density at radius 1 is 1.07 bits per heavy atom. The molecule has 0 atom stereocenters. The van der Waals surface area contributed by atoms with Crippen molar-refractivity contribution in [1.29, 1.82) is 0 Å². The number of piperazine rings is 1. The molecular formula is C19H21FN2O4S. The molecule has 3 rings (SSSR count).